The first-order chi connectivity index (χ1) is 8.38. The van der Waals surface area contributed by atoms with Crippen molar-refractivity contribution >= 4 is 0 Å². The first-order valence-electron chi connectivity index (χ1n) is 5.95. The maximum Gasteiger partial charge on any atom is 0.124 e. The van der Waals surface area contributed by atoms with Crippen molar-refractivity contribution in [1.82, 2.24) is 4.90 Å². The molecule has 2 N–H and O–H groups in total. The molecular weight excluding hydrogens is 229 g/mol. The van der Waals surface area contributed by atoms with Gasteiger partial charge >= 0.3 is 0 Å². The highest BCUT2D eigenvalue weighted by atomic mass is 19.1. The average molecular weight is 249 g/mol. The summed E-state index contributed by atoms with van der Waals surface area (Å²) in [6.45, 7) is 6.24. The van der Waals surface area contributed by atoms with E-state index in [4.69, 9.17) is 11.0 Å². The Labute approximate surface area is 108 Å². The molecule has 0 bridgehead atoms. The largest absolute Gasteiger partial charge is 0.330 e. The molecule has 0 saturated heterocycles. The smallest absolute Gasteiger partial charge is 0.124 e. The average Bonchev–Trinajstić information content (AvgIpc) is 2.30. The van der Waals surface area contributed by atoms with Crippen LogP contribution in [0.15, 0.2) is 18.2 Å². The Hall–Kier alpha value is -1.44. The zero-order chi connectivity index (χ0) is 13.8. The molecule has 0 amide bonds. The topological polar surface area (TPSA) is 53.0 Å². The molecule has 0 aliphatic rings. The zero-order valence-electron chi connectivity index (χ0n) is 11.2. The second-order valence-electron chi connectivity index (χ2n) is 5.45. The van der Waals surface area contributed by atoms with Gasteiger partial charge in [0.15, 0.2) is 0 Å². The Morgan fingerprint density at radius 3 is 2.67 bits per heavy atom. The lowest BCUT2D eigenvalue weighted by molar-refractivity contribution is 0.209. The lowest BCUT2D eigenvalue weighted by Gasteiger charge is -2.29. The molecule has 0 spiro atoms. The van der Waals surface area contributed by atoms with Crippen LogP contribution in [0.5, 0.6) is 0 Å². The van der Waals surface area contributed by atoms with Crippen LogP contribution < -0.4 is 5.73 Å². The van der Waals surface area contributed by atoms with E-state index in [-0.39, 0.29) is 11.2 Å². The minimum Gasteiger partial charge on any atom is -0.330 e. The Bertz CT molecular complexity index is 449. The Morgan fingerprint density at radius 2 is 2.11 bits per heavy atom. The predicted octanol–water partition coefficient (Wildman–Crippen LogP) is 2.11. The molecule has 0 aromatic heterocycles. The second kappa shape index (κ2) is 5.94. The van der Waals surface area contributed by atoms with Crippen molar-refractivity contribution in [1.29, 1.82) is 5.26 Å². The fourth-order valence-electron chi connectivity index (χ4n) is 1.93. The van der Waals surface area contributed by atoms with Gasteiger partial charge in [0.2, 0.25) is 0 Å². The molecule has 0 aliphatic carbocycles. The number of rotatable bonds is 5. The van der Waals surface area contributed by atoms with Gasteiger partial charge in [0.1, 0.15) is 5.82 Å². The summed E-state index contributed by atoms with van der Waals surface area (Å²) >= 11 is 0. The highest BCUT2D eigenvalue weighted by Crippen LogP contribution is 2.17. The van der Waals surface area contributed by atoms with Gasteiger partial charge < -0.3 is 10.6 Å². The molecule has 98 valence electrons. The monoisotopic (exact) mass is 249 g/mol. The number of hydrogen-bond donors (Lipinski definition) is 1. The van der Waals surface area contributed by atoms with E-state index in [9.17, 15) is 4.39 Å². The van der Waals surface area contributed by atoms with E-state index >= 15 is 0 Å². The Morgan fingerprint density at radius 1 is 1.44 bits per heavy atom. The van der Waals surface area contributed by atoms with Crippen molar-refractivity contribution in [3.8, 4) is 6.07 Å². The van der Waals surface area contributed by atoms with Gasteiger partial charge in [0, 0.05) is 13.1 Å². The Balaban J connectivity index is 2.77. The molecule has 18 heavy (non-hydrogen) atoms. The molecule has 0 saturated carbocycles. The molecule has 0 radical (unpaired) electrons. The van der Waals surface area contributed by atoms with Crippen LogP contribution in [0.4, 0.5) is 4.39 Å². The Kier molecular flexibility index (Phi) is 4.83. The quantitative estimate of drug-likeness (QED) is 0.869. The van der Waals surface area contributed by atoms with Gasteiger partial charge in [-0.3, -0.25) is 0 Å². The number of nitrogens with zero attached hydrogens (tertiary/aromatic N) is 2. The van der Waals surface area contributed by atoms with Crippen LogP contribution in [0.2, 0.25) is 0 Å². The van der Waals surface area contributed by atoms with Crippen molar-refractivity contribution in [2.24, 2.45) is 11.1 Å². The maximum absolute atomic E-state index is 13.0. The number of benzene rings is 1. The van der Waals surface area contributed by atoms with Crippen LogP contribution in [0.25, 0.3) is 0 Å². The van der Waals surface area contributed by atoms with E-state index in [2.05, 4.69) is 18.7 Å². The van der Waals surface area contributed by atoms with Gasteiger partial charge in [0.25, 0.3) is 0 Å². The first-order valence-corrected chi connectivity index (χ1v) is 5.95. The molecule has 3 nitrogen and oxygen atoms in total. The summed E-state index contributed by atoms with van der Waals surface area (Å²) in [5, 5.41) is 8.98. The van der Waals surface area contributed by atoms with Crippen molar-refractivity contribution in [3.63, 3.8) is 0 Å². The molecule has 0 atom stereocenters. The number of nitrogens with two attached hydrogens (primary N) is 1. The minimum absolute atomic E-state index is 0.0294. The lowest BCUT2D eigenvalue weighted by atomic mass is 9.93. The van der Waals surface area contributed by atoms with Gasteiger partial charge in [-0.15, -0.1) is 0 Å². The number of nitriles is 1. The number of halogens is 1. The molecule has 4 heteroatoms. The third-order valence-corrected chi connectivity index (χ3v) is 2.88. The first kappa shape index (κ1) is 14.6. The summed E-state index contributed by atoms with van der Waals surface area (Å²) < 4.78 is 13.0. The van der Waals surface area contributed by atoms with Crippen LogP contribution in [0.3, 0.4) is 0 Å². The van der Waals surface area contributed by atoms with Gasteiger partial charge in [-0.05, 0) is 36.7 Å². The molecule has 1 aromatic carbocycles. The van der Waals surface area contributed by atoms with Crippen LogP contribution in [-0.2, 0) is 6.54 Å². The predicted molar refractivity (Wildman–Crippen MR) is 70.3 cm³/mol. The SMILES string of the molecule is CN(Cc1ccc(F)cc1C#N)CC(C)(C)CN. The van der Waals surface area contributed by atoms with E-state index in [1.165, 1.54) is 12.1 Å². The molecule has 0 unspecified atom stereocenters. The summed E-state index contributed by atoms with van der Waals surface area (Å²) in [7, 11) is 1.97. The van der Waals surface area contributed by atoms with Crippen molar-refractivity contribution in [3.05, 3.63) is 35.1 Å². The second-order valence-corrected chi connectivity index (χ2v) is 5.45. The van der Waals surface area contributed by atoms with Crippen LogP contribution >= 0.6 is 0 Å². The third kappa shape index (κ3) is 4.10. The minimum atomic E-state index is -0.375. The lowest BCUT2D eigenvalue weighted by Crippen LogP contribution is -2.36. The van der Waals surface area contributed by atoms with Crippen LogP contribution in [0.1, 0.15) is 25.0 Å². The molecule has 1 aromatic rings. The fourth-order valence-corrected chi connectivity index (χ4v) is 1.93. The van der Waals surface area contributed by atoms with Gasteiger partial charge in [-0.25, -0.2) is 4.39 Å². The molecule has 0 heterocycles. The molecule has 0 aliphatic heterocycles. The van der Waals surface area contributed by atoms with Crippen molar-refractivity contribution in [2.45, 2.75) is 20.4 Å². The normalized spacial score (nSPS) is 11.6. The van der Waals surface area contributed by atoms with E-state index in [1.807, 2.05) is 13.1 Å². The highest BCUT2D eigenvalue weighted by Gasteiger charge is 2.18. The van der Waals surface area contributed by atoms with Crippen LogP contribution in [-0.4, -0.2) is 25.0 Å². The molecular formula is C14H20FN3. The van der Waals surface area contributed by atoms with Gasteiger partial charge in [-0.1, -0.05) is 19.9 Å². The standard InChI is InChI=1S/C14H20FN3/c1-14(2,9-17)10-18(3)8-11-4-5-13(15)6-12(11)7-16/h4-6H,8-10,17H2,1-3H3. The van der Waals surface area contributed by atoms with Crippen molar-refractivity contribution in [2.75, 3.05) is 20.1 Å². The van der Waals surface area contributed by atoms with Crippen molar-refractivity contribution < 1.29 is 4.39 Å². The number of hydrogen-bond acceptors (Lipinski definition) is 3. The maximum atomic E-state index is 13.0. The molecule has 1 rings (SSSR count). The third-order valence-electron chi connectivity index (χ3n) is 2.88. The zero-order valence-corrected chi connectivity index (χ0v) is 11.2. The summed E-state index contributed by atoms with van der Waals surface area (Å²) in [5.41, 5.74) is 6.96. The summed E-state index contributed by atoms with van der Waals surface area (Å²) in [5.74, 6) is -0.375. The van der Waals surface area contributed by atoms with E-state index in [0.717, 1.165) is 12.1 Å². The van der Waals surface area contributed by atoms with Gasteiger partial charge in [0.05, 0.1) is 11.6 Å². The van der Waals surface area contributed by atoms with E-state index < -0.39 is 0 Å². The van der Waals surface area contributed by atoms with E-state index in [1.54, 1.807) is 6.07 Å². The summed E-state index contributed by atoms with van der Waals surface area (Å²) in [6, 6.07) is 6.36. The van der Waals surface area contributed by atoms with Gasteiger partial charge in [-0.2, -0.15) is 5.26 Å². The van der Waals surface area contributed by atoms with Crippen LogP contribution in [0, 0.1) is 22.6 Å². The fraction of sp³-hybridized carbons (Fsp3) is 0.500. The molecule has 0 fully saturated rings. The summed E-state index contributed by atoms with van der Waals surface area (Å²) in [4.78, 5) is 2.10. The highest BCUT2D eigenvalue weighted by molar-refractivity contribution is 5.37. The summed E-state index contributed by atoms with van der Waals surface area (Å²) in [6.07, 6.45) is 0. The van der Waals surface area contributed by atoms with E-state index in [0.29, 0.717) is 18.7 Å².